The van der Waals surface area contributed by atoms with E-state index in [1.54, 1.807) is 42.5 Å². The topological polar surface area (TPSA) is 82.4 Å². The number of ether oxygens (including phenoxy) is 1. The van der Waals surface area contributed by atoms with Crippen molar-refractivity contribution in [3.63, 3.8) is 0 Å². The fourth-order valence-corrected chi connectivity index (χ4v) is 4.06. The van der Waals surface area contributed by atoms with Gasteiger partial charge in [0.15, 0.2) is 0 Å². The van der Waals surface area contributed by atoms with Gasteiger partial charge in [0.25, 0.3) is 11.8 Å². The number of nitriles is 1. The smallest absolute Gasteiger partial charge is 0.282 e. The first-order valence-corrected chi connectivity index (χ1v) is 10.5. The van der Waals surface area contributed by atoms with Crippen LogP contribution in [0.15, 0.2) is 66.4 Å². The standard InChI is InChI=1S/C26H20ClN3O3/c1-15-4-10-20(16(2)12-15)23-24(29-18-7-11-22(33-3)21(27)13-18)26(32)30(25(23)31)19-8-5-17(14-28)6-9-19/h4-13,29H,1-3H3. The Morgan fingerprint density at radius 1 is 0.970 bits per heavy atom. The Hall–Kier alpha value is -4.08. The van der Waals surface area contributed by atoms with Crippen LogP contribution >= 0.6 is 11.6 Å². The van der Waals surface area contributed by atoms with Crippen molar-refractivity contribution in [2.24, 2.45) is 0 Å². The van der Waals surface area contributed by atoms with Gasteiger partial charge < -0.3 is 10.1 Å². The van der Waals surface area contributed by atoms with Gasteiger partial charge in [0.05, 0.1) is 35.0 Å². The predicted molar refractivity (Wildman–Crippen MR) is 128 cm³/mol. The van der Waals surface area contributed by atoms with Gasteiger partial charge in [-0.1, -0.05) is 35.4 Å². The fourth-order valence-electron chi connectivity index (χ4n) is 3.80. The first-order chi connectivity index (χ1) is 15.8. The second kappa shape index (κ2) is 8.81. The molecule has 0 saturated carbocycles. The largest absolute Gasteiger partial charge is 0.495 e. The average Bonchev–Trinajstić information content (AvgIpc) is 3.03. The second-order valence-electron chi connectivity index (χ2n) is 7.65. The number of benzene rings is 3. The molecule has 0 spiro atoms. The Balaban J connectivity index is 1.83. The molecule has 1 aliphatic heterocycles. The molecule has 1 aliphatic rings. The summed E-state index contributed by atoms with van der Waals surface area (Å²) in [5, 5.41) is 12.5. The quantitative estimate of drug-likeness (QED) is 0.530. The first kappa shape index (κ1) is 22.1. The van der Waals surface area contributed by atoms with E-state index in [4.69, 9.17) is 21.6 Å². The second-order valence-corrected chi connectivity index (χ2v) is 8.05. The molecule has 0 unspecified atom stereocenters. The lowest BCUT2D eigenvalue weighted by molar-refractivity contribution is -0.120. The molecule has 1 N–H and O–H groups in total. The summed E-state index contributed by atoms with van der Waals surface area (Å²) in [6, 6.07) is 19.1. The number of carbonyl (C=O) groups excluding carboxylic acids is 2. The van der Waals surface area contributed by atoms with Crippen LogP contribution in [0.5, 0.6) is 5.75 Å². The lowest BCUT2D eigenvalue weighted by Gasteiger charge is -2.15. The van der Waals surface area contributed by atoms with Crippen LogP contribution in [-0.4, -0.2) is 18.9 Å². The number of hydrogen-bond donors (Lipinski definition) is 1. The van der Waals surface area contributed by atoms with E-state index in [0.29, 0.717) is 33.3 Å². The van der Waals surface area contributed by atoms with Crippen molar-refractivity contribution in [1.29, 1.82) is 5.26 Å². The third-order valence-corrected chi connectivity index (χ3v) is 5.71. The van der Waals surface area contributed by atoms with E-state index < -0.39 is 11.8 Å². The summed E-state index contributed by atoms with van der Waals surface area (Å²) in [7, 11) is 1.52. The van der Waals surface area contributed by atoms with E-state index in [-0.39, 0.29) is 11.3 Å². The first-order valence-electron chi connectivity index (χ1n) is 10.2. The van der Waals surface area contributed by atoms with Crippen molar-refractivity contribution in [2.45, 2.75) is 13.8 Å². The molecule has 0 bridgehead atoms. The molecule has 2 amide bonds. The summed E-state index contributed by atoms with van der Waals surface area (Å²) in [4.78, 5) is 28.2. The van der Waals surface area contributed by atoms with Crippen molar-refractivity contribution in [1.82, 2.24) is 0 Å². The summed E-state index contributed by atoms with van der Waals surface area (Å²) in [6.07, 6.45) is 0. The maximum Gasteiger partial charge on any atom is 0.282 e. The van der Waals surface area contributed by atoms with Crippen LogP contribution < -0.4 is 15.0 Å². The molecule has 33 heavy (non-hydrogen) atoms. The fraction of sp³-hybridized carbons (Fsp3) is 0.115. The molecule has 0 aromatic heterocycles. The Morgan fingerprint density at radius 3 is 2.30 bits per heavy atom. The monoisotopic (exact) mass is 457 g/mol. The lowest BCUT2D eigenvalue weighted by atomic mass is 9.97. The van der Waals surface area contributed by atoms with E-state index in [0.717, 1.165) is 16.0 Å². The van der Waals surface area contributed by atoms with Gasteiger partial charge in [-0.2, -0.15) is 5.26 Å². The molecule has 3 aromatic rings. The highest BCUT2D eigenvalue weighted by Crippen LogP contribution is 2.36. The Bertz CT molecular complexity index is 1350. The number of imide groups is 1. The lowest BCUT2D eigenvalue weighted by Crippen LogP contribution is -2.32. The van der Waals surface area contributed by atoms with Gasteiger partial charge in [-0.3, -0.25) is 9.59 Å². The van der Waals surface area contributed by atoms with Gasteiger partial charge in [0, 0.05) is 5.69 Å². The minimum Gasteiger partial charge on any atom is -0.495 e. The molecule has 4 rings (SSSR count). The van der Waals surface area contributed by atoms with Gasteiger partial charge in [-0.05, 0) is 67.4 Å². The molecule has 0 fully saturated rings. The van der Waals surface area contributed by atoms with E-state index in [1.807, 2.05) is 38.1 Å². The highest BCUT2D eigenvalue weighted by atomic mass is 35.5. The zero-order chi connectivity index (χ0) is 23.7. The van der Waals surface area contributed by atoms with E-state index >= 15 is 0 Å². The molecule has 0 aliphatic carbocycles. The molecule has 6 nitrogen and oxygen atoms in total. The van der Waals surface area contributed by atoms with Crippen molar-refractivity contribution in [2.75, 3.05) is 17.3 Å². The number of hydrogen-bond acceptors (Lipinski definition) is 5. The van der Waals surface area contributed by atoms with Crippen LogP contribution in [0.1, 0.15) is 22.3 Å². The number of aryl methyl sites for hydroxylation is 2. The number of carbonyl (C=O) groups is 2. The minimum atomic E-state index is -0.494. The number of rotatable bonds is 5. The molecule has 0 radical (unpaired) electrons. The summed E-state index contributed by atoms with van der Waals surface area (Å²) in [5.74, 6) is -0.441. The number of halogens is 1. The van der Waals surface area contributed by atoms with Crippen LogP contribution in [0.4, 0.5) is 11.4 Å². The van der Waals surface area contributed by atoms with E-state index in [2.05, 4.69) is 5.32 Å². The zero-order valence-electron chi connectivity index (χ0n) is 18.3. The summed E-state index contributed by atoms with van der Waals surface area (Å²) in [6.45, 7) is 3.87. The Labute approximate surface area is 196 Å². The number of methoxy groups -OCH3 is 1. The molecular weight excluding hydrogens is 438 g/mol. The number of anilines is 2. The number of amides is 2. The number of nitrogens with zero attached hydrogens (tertiary/aromatic N) is 2. The maximum absolute atomic E-state index is 13.6. The highest BCUT2D eigenvalue weighted by molar-refractivity contribution is 6.46. The minimum absolute atomic E-state index is 0.151. The Kier molecular flexibility index (Phi) is 5.91. The van der Waals surface area contributed by atoms with Gasteiger partial charge >= 0.3 is 0 Å². The van der Waals surface area contributed by atoms with Crippen molar-refractivity contribution in [3.8, 4) is 11.8 Å². The molecule has 7 heteroatoms. The third-order valence-electron chi connectivity index (χ3n) is 5.41. The van der Waals surface area contributed by atoms with Crippen LogP contribution in [0.25, 0.3) is 5.57 Å². The van der Waals surface area contributed by atoms with Crippen molar-refractivity contribution in [3.05, 3.63) is 93.6 Å². The molecule has 1 heterocycles. The van der Waals surface area contributed by atoms with Crippen LogP contribution in [-0.2, 0) is 9.59 Å². The molecule has 3 aromatic carbocycles. The van der Waals surface area contributed by atoms with Gasteiger partial charge in [-0.25, -0.2) is 4.90 Å². The SMILES string of the molecule is COc1ccc(NC2=C(c3ccc(C)cc3C)C(=O)N(c3ccc(C#N)cc3)C2=O)cc1Cl. The van der Waals surface area contributed by atoms with Crippen LogP contribution in [0.2, 0.25) is 5.02 Å². The third kappa shape index (κ3) is 4.07. The zero-order valence-corrected chi connectivity index (χ0v) is 19.0. The van der Waals surface area contributed by atoms with Gasteiger partial charge in [0.2, 0.25) is 0 Å². The molecule has 0 saturated heterocycles. The predicted octanol–water partition coefficient (Wildman–Crippen LogP) is 5.23. The normalized spacial score (nSPS) is 13.4. The molecule has 164 valence electrons. The number of nitrogens with one attached hydrogen (secondary N) is 1. The molecular formula is C26H20ClN3O3. The average molecular weight is 458 g/mol. The molecule has 0 atom stereocenters. The van der Waals surface area contributed by atoms with Crippen molar-refractivity contribution < 1.29 is 14.3 Å². The van der Waals surface area contributed by atoms with Crippen LogP contribution in [0, 0.1) is 25.2 Å². The highest BCUT2D eigenvalue weighted by Gasteiger charge is 2.40. The van der Waals surface area contributed by atoms with Gasteiger partial charge in [0.1, 0.15) is 11.4 Å². The van der Waals surface area contributed by atoms with E-state index in [9.17, 15) is 9.59 Å². The summed E-state index contributed by atoms with van der Waals surface area (Å²) < 4.78 is 5.20. The maximum atomic E-state index is 13.6. The Morgan fingerprint density at radius 2 is 1.70 bits per heavy atom. The summed E-state index contributed by atoms with van der Waals surface area (Å²) in [5.41, 5.74) is 4.38. The van der Waals surface area contributed by atoms with Crippen molar-refractivity contribution >= 4 is 40.4 Å². The van der Waals surface area contributed by atoms with E-state index in [1.165, 1.54) is 7.11 Å². The van der Waals surface area contributed by atoms with Gasteiger partial charge in [-0.15, -0.1) is 0 Å². The summed E-state index contributed by atoms with van der Waals surface area (Å²) >= 11 is 6.26. The van der Waals surface area contributed by atoms with Crippen LogP contribution in [0.3, 0.4) is 0 Å².